The lowest BCUT2D eigenvalue weighted by Crippen LogP contribution is -2.39. The van der Waals surface area contributed by atoms with Crippen LogP contribution in [0.15, 0.2) is 5.38 Å². The Balaban J connectivity index is 1.60. The maximum absolute atomic E-state index is 15.0. The molecule has 0 spiro atoms. The Hall–Kier alpha value is -2.43. The molecule has 2 aliphatic rings. The second-order valence-electron chi connectivity index (χ2n) is 7.85. The van der Waals surface area contributed by atoms with E-state index in [1.54, 1.807) is 0 Å². The second kappa shape index (κ2) is 8.25. The zero-order chi connectivity index (χ0) is 22.3. The molecule has 1 aliphatic carbocycles. The van der Waals surface area contributed by atoms with E-state index in [1.807, 2.05) is 0 Å². The number of rotatable bonds is 5. The number of alkyl halides is 3. The van der Waals surface area contributed by atoms with E-state index in [4.69, 9.17) is 4.74 Å². The minimum absolute atomic E-state index is 0.0295. The van der Waals surface area contributed by atoms with Crippen LogP contribution in [0.5, 0.6) is 0 Å². The third-order valence-corrected chi connectivity index (χ3v) is 6.56. The van der Waals surface area contributed by atoms with Crippen molar-refractivity contribution in [2.75, 3.05) is 25.0 Å². The van der Waals surface area contributed by atoms with Gasteiger partial charge < -0.3 is 15.0 Å². The average Bonchev–Trinajstić information content (AvgIpc) is 3.42. The number of thiophene rings is 1. The molecule has 0 unspecified atom stereocenters. The van der Waals surface area contributed by atoms with Crippen molar-refractivity contribution in [3.63, 3.8) is 0 Å². The van der Waals surface area contributed by atoms with Gasteiger partial charge >= 0.3 is 12.1 Å². The molecule has 1 saturated heterocycles. The fraction of sp³-hybridized carbons (Fsp3) is 0.550. The van der Waals surface area contributed by atoms with Gasteiger partial charge in [0.05, 0.1) is 15.8 Å². The molecule has 0 atom stereocenters. The maximum atomic E-state index is 15.0. The van der Waals surface area contributed by atoms with Crippen LogP contribution in [0.1, 0.15) is 48.0 Å². The molecule has 0 radical (unpaired) electrons. The Morgan fingerprint density at radius 1 is 1.26 bits per heavy atom. The lowest BCUT2D eigenvalue weighted by Gasteiger charge is -2.33. The summed E-state index contributed by atoms with van der Waals surface area (Å²) >= 11 is 0.638. The summed E-state index contributed by atoms with van der Waals surface area (Å²) in [6, 6.07) is 0. The monoisotopic (exact) mass is 459 g/mol. The van der Waals surface area contributed by atoms with Gasteiger partial charge in [0.1, 0.15) is 11.7 Å². The van der Waals surface area contributed by atoms with Crippen molar-refractivity contribution < 1.29 is 31.9 Å². The number of nitrogens with zero attached hydrogens (tertiary/aromatic N) is 2. The van der Waals surface area contributed by atoms with E-state index < -0.39 is 34.0 Å². The third-order valence-electron chi connectivity index (χ3n) is 5.57. The van der Waals surface area contributed by atoms with Crippen molar-refractivity contribution in [3.05, 3.63) is 22.3 Å². The molecule has 2 aromatic rings. The molecule has 1 N–H and O–H groups in total. The Bertz CT molecular complexity index is 1010. The number of nitrogens with one attached hydrogen (secondary N) is 1. The lowest BCUT2D eigenvalue weighted by atomic mass is 10.1. The minimum atomic E-state index is -4.94. The van der Waals surface area contributed by atoms with E-state index in [0.29, 0.717) is 36.5 Å². The normalized spacial score (nSPS) is 17.8. The molecule has 2 aromatic heterocycles. The molecule has 1 aliphatic heterocycles. The zero-order valence-electron chi connectivity index (χ0n) is 16.7. The number of ether oxygens (including phenoxy) is 1. The highest BCUT2D eigenvalue weighted by molar-refractivity contribution is 7.17. The van der Waals surface area contributed by atoms with E-state index in [1.165, 1.54) is 17.3 Å². The number of hydrogen-bond donors (Lipinski definition) is 1. The number of halogens is 4. The quantitative estimate of drug-likeness (QED) is 0.538. The number of carbonyl (C=O) groups excluding carboxylic acids is 2. The predicted octanol–water partition coefficient (Wildman–Crippen LogP) is 4.13. The molecule has 11 heteroatoms. The molecule has 1 saturated carbocycles. The number of pyridine rings is 1. The Morgan fingerprint density at radius 2 is 1.94 bits per heavy atom. The fourth-order valence-corrected chi connectivity index (χ4v) is 4.79. The SMILES string of the molecule is CNC(=O)c1csc2c(C(F)(F)F)c(F)c(N3CCC(OC(=O)CC4CC4)CC3)nc12. The van der Waals surface area contributed by atoms with Gasteiger partial charge in [0.25, 0.3) is 5.91 Å². The van der Waals surface area contributed by atoms with Crippen LogP contribution in [-0.4, -0.2) is 43.1 Å². The summed E-state index contributed by atoms with van der Waals surface area (Å²) in [5.74, 6) is -2.34. The highest BCUT2D eigenvalue weighted by Gasteiger charge is 2.41. The molecular weight excluding hydrogens is 438 g/mol. The highest BCUT2D eigenvalue weighted by Crippen LogP contribution is 2.43. The van der Waals surface area contributed by atoms with Gasteiger partial charge in [-0.15, -0.1) is 11.3 Å². The van der Waals surface area contributed by atoms with Gasteiger partial charge in [-0.3, -0.25) is 9.59 Å². The number of amides is 1. The van der Waals surface area contributed by atoms with Crippen LogP contribution in [0, 0.1) is 11.7 Å². The first-order chi connectivity index (χ1) is 14.7. The first kappa shape index (κ1) is 21.8. The minimum Gasteiger partial charge on any atom is -0.462 e. The first-order valence-electron chi connectivity index (χ1n) is 10.0. The van der Waals surface area contributed by atoms with E-state index in [-0.39, 0.29) is 36.2 Å². The summed E-state index contributed by atoms with van der Waals surface area (Å²) in [4.78, 5) is 29.5. The molecule has 0 aromatic carbocycles. The van der Waals surface area contributed by atoms with Crippen molar-refractivity contribution in [2.24, 2.45) is 5.92 Å². The molecule has 31 heavy (non-hydrogen) atoms. The van der Waals surface area contributed by atoms with E-state index in [0.717, 1.165) is 12.8 Å². The molecule has 3 heterocycles. The van der Waals surface area contributed by atoms with Gasteiger partial charge in [0.15, 0.2) is 11.6 Å². The summed E-state index contributed by atoms with van der Waals surface area (Å²) in [7, 11) is 1.36. The van der Waals surface area contributed by atoms with Gasteiger partial charge in [-0.2, -0.15) is 13.2 Å². The molecule has 0 bridgehead atoms. The fourth-order valence-electron chi connectivity index (χ4n) is 3.74. The van der Waals surface area contributed by atoms with Crippen molar-refractivity contribution >= 4 is 39.2 Å². The molecule has 1 amide bonds. The van der Waals surface area contributed by atoms with E-state index >= 15 is 4.39 Å². The largest absolute Gasteiger partial charge is 0.462 e. The number of esters is 1. The smallest absolute Gasteiger partial charge is 0.420 e. The molecular formula is C20H21F4N3O3S. The van der Waals surface area contributed by atoms with Crippen molar-refractivity contribution in [3.8, 4) is 0 Å². The predicted molar refractivity (Wildman–Crippen MR) is 107 cm³/mol. The van der Waals surface area contributed by atoms with Gasteiger partial charge in [-0.1, -0.05) is 0 Å². The van der Waals surface area contributed by atoms with Crippen molar-refractivity contribution in [1.82, 2.24) is 10.3 Å². The van der Waals surface area contributed by atoms with E-state index in [9.17, 15) is 22.8 Å². The van der Waals surface area contributed by atoms with Crippen LogP contribution in [0.25, 0.3) is 10.2 Å². The number of aromatic nitrogens is 1. The number of anilines is 1. The van der Waals surface area contributed by atoms with Crippen LogP contribution in [0.3, 0.4) is 0 Å². The molecule has 4 rings (SSSR count). The highest BCUT2D eigenvalue weighted by atomic mass is 32.1. The Morgan fingerprint density at radius 3 is 2.52 bits per heavy atom. The van der Waals surface area contributed by atoms with Crippen molar-refractivity contribution in [1.29, 1.82) is 0 Å². The van der Waals surface area contributed by atoms with E-state index in [2.05, 4.69) is 10.3 Å². The number of carbonyl (C=O) groups is 2. The van der Waals surface area contributed by atoms with Gasteiger partial charge in [0, 0.05) is 44.8 Å². The maximum Gasteiger partial charge on any atom is 0.420 e. The standard InChI is InChI=1S/C20H21F4N3O3S/c1-25-19(29)12-9-31-17-14(20(22,23)24)15(21)18(26-16(12)17)27-6-4-11(5-7-27)30-13(28)8-10-2-3-10/h9-11H,2-8H2,1H3,(H,25,29). The summed E-state index contributed by atoms with van der Waals surface area (Å²) in [6.07, 6.45) is -2.11. The van der Waals surface area contributed by atoms with Crippen LogP contribution in [0.2, 0.25) is 0 Å². The number of piperidine rings is 1. The van der Waals surface area contributed by atoms with Crippen molar-refractivity contribution in [2.45, 2.75) is 44.4 Å². The lowest BCUT2D eigenvalue weighted by molar-refractivity contribution is -0.150. The van der Waals surface area contributed by atoms with Crippen LogP contribution in [-0.2, 0) is 15.7 Å². The molecule has 6 nitrogen and oxygen atoms in total. The summed E-state index contributed by atoms with van der Waals surface area (Å²) in [5, 5.41) is 3.61. The topological polar surface area (TPSA) is 71.5 Å². The second-order valence-corrected chi connectivity index (χ2v) is 8.73. The van der Waals surface area contributed by atoms with Crippen LogP contribution in [0.4, 0.5) is 23.4 Å². The summed E-state index contributed by atoms with van der Waals surface area (Å²) in [6.45, 7) is 0.376. The molecule has 2 fully saturated rings. The summed E-state index contributed by atoms with van der Waals surface area (Å²) < 4.78 is 61.2. The van der Waals surface area contributed by atoms with Gasteiger partial charge in [0.2, 0.25) is 0 Å². The number of hydrogen-bond acceptors (Lipinski definition) is 6. The zero-order valence-corrected chi connectivity index (χ0v) is 17.5. The number of fused-ring (bicyclic) bond motifs is 1. The van der Waals surface area contributed by atoms with Crippen LogP contribution >= 0.6 is 11.3 Å². The molecule has 168 valence electrons. The Kier molecular flexibility index (Phi) is 5.80. The summed E-state index contributed by atoms with van der Waals surface area (Å²) in [5.41, 5.74) is -1.62. The van der Waals surface area contributed by atoms with Crippen LogP contribution < -0.4 is 10.2 Å². The van der Waals surface area contributed by atoms with Gasteiger partial charge in [-0.05, 0) is 18.8 Å². The average molecular weight is 459 g/mol. The Labute approximate surface area is 179 Å². The third kappa shape index (κ3) is 4.46. The first-order valence-corrected chi connectivity index (χ1v) is 10.9. The van der Waals surface area contributed by atoms with Gasteiger partial charge in [-0.25, -0.2) is 9.37 Å².